The van der Waals surface area contributed by atoms with Crippen molar-refractivity contribution < 1.29 is 9.18 Å². The molecule has 0 radical (unpaired) electrons. The van der Waals surface area contributed by atoms with Gasteiger partial charge in [0.2, 0.25) is 5.91 Å². The number of likely N-dealkylation sites (tertiary alicyclic amines) is 1. The summed E-state index contributed by atoms with van der Waals surface area (Å²) < 4.78 is 13.1. The van der Waals surface area contributed by atoms with Gasteiger partial charge in [0.1, 0.15) is 11.6 Å². The highest BCUT2D eigenvalue weighted by Crippen LogP contribution is 2.45. The zero-order valence-corrected chi connectivity index (χ0v) is 15.3. The monoisotopic (exact) mass is 353 g/mol. The van der Waals surface area contributed by atoms with Crippen molar-refractivity contribution in [2.24, 2.45) is 0 Å². The molecule has 0 bridgehead atoms. The molecule has 2 aliphatic rings. The maximum Gasteiger partial charge on any atom is 0.227 e. The van der Waals surface area contributed by atoms with Crippen molar-refractivity contribution in [1.29, 1.82) is 0 Å². The van der Waals surface area contributed by atoms with E-state index in [-0.39, 0.29) is 17.3 Å². The van der Waals surface area contributed by atoms with Crippen LogP contribution in [0.4, 0.5) is 10.2 Å². The van der Waals surface area contributed by atoms with Crippen molar-refractivity contribution in [3.8, 4) is 0 Å². The van der Waals surface area contributed by atoms with Gasteiger partial charge in [-0.25, -0.2) is 9.37 Å². The van der Waals surface area contributed by atoms with Crippen LogP contribution in [0.5, 0.6) is 0 Å². The second-order valence-corrected chi connectivity index (χ2v) is 7.67. The number of halogens is 1. The Labute approximate surface area is 153 Å². The van der Waals surface area contributed by atoms with Gasteiger partial charge in [0.15, 0.2) is 0 Å². The summed E-state index contributed by atoms with van der Waals surface area (Å²) in [6, 6.07) is 10.3. The molecule has 1 aromatic carbocycles. The number of carbonyl (C=O) groups excluding carboxylic acids is 1. The van der Waals surface area contributed by atoms with Gasteiger partial charge in [-0.3, -0.25) is 4.79 Å². The van der Waals surface area contributed by atoms with E-state index in [9.17, 15) is 9.18 Å². The minimum absolute atomic E-state index is 0.0424. The van der Waals surface area contributed by atoms with Gasteiger partial charge in [0.05, 0.1) is 12.0 Å². The van der Waals surface area contributed by atoms with Crippen LogP contribution in [0.2, 0.25) is 0 Å². The molecule has 136 valence electrons. The van der Waals surface area contributed by atoms with Gasteiger partial charge in [-0.2, -0.15) is 0 Å². The molecule has 0 N–H and O–H groups in total. The maximum absolute atomic E-state index is 13.1. The molecule has 26 heavy (non-hydrogen) atoms. The molecule has 2 unspecified atom stereocenters. The SMILES string of the molecule is CC1CC2(CCN(C(=O)Cc3ccc(F)cc3)C2)N(C)c2ncccc21. The summed E-state index contributed by atoms with van der Waals surface area (Å²) in [5, 5.41) is 0. The lowest BCUT2D eigenvalue weighted by molar-refractivity contribution is -0.129. The Hall–Kier alpha value is -2.43. The van der Waals surface area contributed by atoms with E-state index >= 15 is 0 Å². The molecule has 0 saturated carbocycles. The van der Waals surface area contributed by atoms with Gasteiger partial charge in [-0.05, 0) is 48.1 Å². The molecule has 2 atom stereocenters. The zero-order chi connectivity index (χ0) is 18.3. The summed E-state index contributed by atoms with van der Waals surface area (Å²) >= 11 is 0. The molecule has 2 aliphatic heterocycles. The third kappa shape index (κ3) is 2.85. The summed E-state index contributed by atoms with van der Waals surface area (Å²) in [6.45, 7) is 3.74. The first-order chi connectivity index (χ1) is 12.5. The van der Waals surface area contributed by atoms with Gasteiger partial charge in [0.25, 0.3) is 0 Å². The fourth-order valence-corrected chi connectivity index (χ4v) is 4.51. The molecular weight excluding hydrogens is 329 g/mol. The highest BCUT2D eigenvalue weighted by molar-refractivity contribution is 5.79. The molecule has 2 aromatic rings. The number of rotatable bonds is 2. The van der Waals surface area contributed by atoms with E-state index in [4.69, 9.17) is 0 Å². The Kier molecular flexibility index (Phi) is 4.17. The van der Waals surface area contributed by atoms with Crippen LogP contribution in [0.3, 0.4) is 0 Å². The van der Waals surface area contributed by atoms with E-state index in [0.717, 1.165) is 37.3 Å². The number of hydrogen-bond donors (Lipinski definition) is 0. The van der Waals surface area contributed by atoms with E-state index in [1.165, 1.54) is 17.7 Å². The zero-order valence-electron chi connectivity index (χ0n) is 15.3. The predicted octanol–water partition coefficient (Wildman–Crippen LogP) is 3.38. The smallest absolute Gasteiger partial charge is 0.227 e. The van der Waals surface area contributed by atoms with Crippen LogP contribution >= 0.6 is 0 Å². The molecule has 5 heteroatoms. The standard InChI is InChI=1S/C21H24FN3O/c1-15-13-21(24(2)20-18(15)4-3-10-23-20)9-11-25(14-21)19(26)12-16-5-7-17(22)8-6-16/h3-8,10,15H,9,11-14H2,1-2H3. The lowest BCUT2D eigenvalue weighted by Gasteiger charge is -2.46. The summed E-state index contributed by atoms with van der Waals surface area (Å²) in [4.78, 5) is 21.6. The lowest BCUT2D eigenvalue weighted by Crippen LogP contribution is -2.53. The third-order valence-corrected chi connectivity index (χ3v) is 6.02. The number of hydrogen-bond acceptors (Lipinski definition) is 3. The number of pyridine rings is 1. The molecule has 1 amide bonds. The average molecular weight is 353 g/mol. The fourth-order valence-electron chi connectivity index (χ4n) is 4.51. The Morgan fingerprint density at radius 1 is 1.31 bits per heavy atom. The van der Waals surface area contributed by atoms with Crippen LogP contribution in [0.25, 0.3) is 0 Å². The molecule has 0 aliphatic carbocycles. The highest BCUT2D eigenvalue weighted by Gasteiger charge is 2.47. The van der Waals surface area contributed by atoms with Gasteiger partial charge >= 0.3 is 0 Å². The van der Waals surface area contributed by atoms with Crippen LogP contribution in [0, 0.1) is 5.82 Å². The summed E-state index contributed by atoms with van der Waals surface area (Å²) in [7, 11) is 2.10. The Morgan fingerprint density at radius 2 is 2.08 bits per heavy atom. The minimum atomic E-state index is -0.273. The first kappa shape index (κ1) is 17.0. The van der Waals surface area contributed by atoms with Crippen LogP contribution in [-0.4, -0.2) is 41.5 Å². The maximum atomic E-state index is 13.1. The molecule has 1 spiro atoms. The molecule has 3 heterocycles. The lowest BCUT2D eigenvalue weighted by atomic mass is 9.79. The molecule has 1 fully saturated rings. The van der Waals surface area contributed by atoms with E-state index in [2.05, 4.69) is 29.9 Å². The number of amides is 1. The van der Waals surface area contributed by atoms with Crippen molar-refractivity contribution >= 4 is 11.7 Å². The van der Waals surface area contributed by atoms with Gasteiger partial charge < -0.3 is 9.80 Å². The van der Waals surface area contributed by atoms with Crippen molar-refractivity contribution in [2.45, 2.75) is 37.6 Å². The number of benzene rings is 1. The van der Waals surface area contributed by atoms with Gasteiger partial charge in [0, 0.05) is 26.3 Å². The van der Waals surface area contributed by atoms with Crippen molar-refractivity contribution in [3.05, 3.63) is 59.5 Å². The molecule has 1 saturated heterocycles. The number of likely N-dealkylation sites (N-methyl/N-ethyl adjacent to an activating group) is 1. The Bertz CT molecular complexity index is 822. The molecular formula is C21H24FN3O. The van der Waals surface area contributed by atoms with E-state index < -0.39 is 0 Å². The van der Waals surface area contributed by atoms with Gasteiger partial charge in [-0.15, -0.1) is 0 Å². The quantitative estimate of drug-likeness (QED) is 0.830. The minimum Gasteiger partial charge on any atom is -0.352 e. The van der Waals surface area contributed by atoms with Crippen molar-refractivity contribution in [3.63, 3.8) is 0 Å². The van der Waals surface area contributed by atoms with Gasteiger partial charge in [-0.1, -0.05) is 25.1 Å². The van der Waals surface area contributed by atoms with Crippen LogP contribution in [0.15, 0.2) is 42.6 Å². The Balaban J connectivity index is 1.51. The van der Waals surface area contributed by atoms with E-state index in [1.54, 1.807) is 12.1 Å². The van der Waals surface area contributed by atoms with Crippen molar-refractivity contribution in [1.82, 2.24) is 9.88 Å². The summed E-state index contributed by atoms with van der Waals surface area (Å²) in [5.74, 6) is 1.31. The number of carbonyl (C=O) groups is 1. The normalized spacial score (nSPS) is 24.8. The summed E-state index contributed by atoms with van der Waals surface area (Å²) in [6.07, 6.45) is 4.15. The number of anilines is 1. The first-order valence-corrected chi connectivity index (χ1v) is 9.19. The van der Waals surface area contributed by atoms with Crippen LogP contribution < -0.4 is 4.90 Å². The molecule has 1 aromatic heterocycles. The fraction of sp³-hybridized carbons (Fsp3) is 0.429. The second kappa shape index (κ2) is 6.38. The van der Waals surface area contributed by atoms with Crippen LogP contribution in [0.1, 0.15) is 36.8 Å². The first-order valence-electron chi connectivity index (χ1n) is 9.19. The molecule has 4 rings (SSSR count). The predicted molar refractivity (Wildman–Crippen MR) is 99.7 cm³/mol. The largest absolute Gasteiger partial charge is 0.352 e. The van der Waals surface area contributed by atoms with Crippen molar-refractivity contribution in [2.75, 3.05) is 25.0 Å². The molecule has 4 nitrogen and oxygen atoms in total. The number of nitrogens with zero attached hydrogens (tertiary/aromatic N) is 3. The summed E-state index contributed by atoms with van der Waals surface area (Å²) in [5.41, 5.74) is 2.10. The average Bonchev–Trinajstić information content (AvgIpc) is 3.07. The number of aromatic nitrogens is 1. The highest BCUT2D eigenvalue weighted by atomic mass is 19.1. The van der Waals surface area contributed by atoms with E-state index in [1.807, 2.05) is 17.2 Å². The topological polar surface area (TPSA) is 36.4 Å². The van der Waals surface area contributed by atoms with Crippen LogP contribution in [-0.2, 0) is 11.2 Å². The Morgan fingerprint density at radius 3 is 2.85 bits per heavy atom. The number of fused-ring (bicyclic) bond motifs is 1. The second-order valence-electron chi connectivity index (χ2n) is 7.67. The van der Waals surface area contributed by atoms with E-state index in [0.29, 0.717) is 12.3 Å². The third-order valence-electron chi connectivity index (χ3n) is 6.02.